The maximum Gasteiger partial charge on any atom is 0.412 e. The van der Waals surface area contributed by atoms with Crippen molar-refractivity contribution in [2.75, 3.05) is 32.6 Å². The van der Waals surface area contributed by atoms with Crippen LogP contribution in [0.3, 0.4) is 0 Å². The lowest BCUT2D eigenvalue weighted by atomic mass is 10.1. The second kappa shape index (κ2) is 8.29. The summed E-state index contributed by atoms with van der Waals surface area (Å²) < 4.78 is 16.0. The number of amides is 2. The SMILES string of the molecule is CCC(C)(C)OC(=O)Nc1cc(OC)c(OC)cc1C(=O)N1CCCC1. The minimum atomic E-state index is -0.612. The zero-order chi connectivity index (χ0) is 19.3. The number of hydrogen-bond donors (Lipinski definition) is 1. The first-order chi connectivity index (χ1) is 12.3. The molecular weight excluding hydrogens is 336 g/mol. The Balaban J connectivity index is 2.35. The van der Waals surface area contributed by atoms with Gasteiger partial charge >= 0.3 is 6.09 Å². The van der Waals surface area contributed by atoms with Gasteiger partial charge in [0.2, 0.25) is 0 Å². The molecule has 0 saturated carbocycles. The number of likely N-dealkylation sites (tertiary alicyclic amines) is 1. The fourth-order valence-electron chi connectivity index (χ4n) is 2.71. The Bertz CT molecular complexity index is 666. The van der Waals surface area contributed by atoms with E-state index in [1.54, 1.807) is 17.0 Å². The number of hydrogen-bond acceptors (Lipinski definition) is 5. The number of carbonyl (C=O) groups excluding carboxylic acids is 2. The molecule has 0 aromatic heterocycles. The monoisotopic (exact) mass is 364 g/mol. The van der Waals surface area contributed by atoms with Gasteiger partial charge in [0, 0.05) is 19.2 Å². The van der Waals surface area contributed by atoms with E-state index in [4.69, 9.17) is 14.2 Å². The molecule has 2 rings (SSSR count). The molecule has 1 fully saturated rings. The van der Waals surface area contributed by atoms with Crippen molar-refractivity contribution in [2.24, 2.45) is 0 Å². The summed E-state index contributed by atoms with van der Waals surface area (Å²) in [6.07, 6.45) is 2.02. The van der Waals surface area contributed by atoms with Gasteiger partial charge in [0.1, 0.15) is 5.60 Å². The Labute approximate surface area is 154 Å². The van der Waals surface area contributed by atoms with E-state index in [2.05, 4.69) is 5.32 Å². The molecule has 0 radical (unpaired) electrons. The van der Waals surface area contributed by atoms with Crippen LogP contribution in [0.1, 0.15) is 50.4 Å². The molecule has 7 nitrogen and oxygen atoms in total. The third kappa shape index (κ3) is 4.59. The average molecular weight is 364 g/mol. The summed E-state index contributed by atoms with van der Waals surface area (Å²) in [6, 6.07) is 3.18. The van der Waals surface area contributed by atoms with E-state index in [9.17, 15) is 9.59 Å². The molecule has 1 saturated heterocycles. The summed E-state index contributed by atoms with van der Waals surface area (Å²) in [5.74, 6) is 0.715. The van der Waals surface area contributed by atoms with Gasteiger partial charge in [0.05, 0.1) is 25.5 Å². The van der Waals surface area contributed by atoms with Gasteiger partial charge in [0.15, 0.2) is 11.5 Å². The molecule has 1 heterocycles. The van der Waals surface area contributed by atoms with Crippen LogP contribution in [0.2, 0.25) is 0 Å². The molecule has 1 aromatic rings. The smallest absolute Gasteiger partial charge is 0.412 e. The van der Waals surface area contributed by atoms with Gasteiger partial charge in [-0.3, -0.25) is 10.1 Å². The Hall–Kier alpha value is -2.44. The normalized spacial score (nSPS) is 14.1. The van der Waals surface area contributed by atoms with Crippen LogP contribution >= 0.6 is 0 Å². The first-order valence-electron chi connectivity index (χ1n) is 8.86. The molecule has 144 valence electrons. The van der Waals surface area contributed by atoms with Gasteiger partial charge in [-0.05, 0) is 39.2 Å². The highest BCUT2D eigenvalue weighted by molar-refractivity contribution is 6.03. The van der Waals surface area contributed by atoms with E-state index in [0.717, 1.165) is 12.8 Å². The van der Waals surface area contributed by atoms with Gasteiger partial charge in [-0.1, -0.05) is 6.92 Å². The molecule has 1 aliphatic heterocycles. The van der Waals surface area contributed by atoms with Gasteiger partial charge < -0.3 is 19.1 Å². The van der Waals surface area contributed by atoms with Crippen LogP contribution in [-0.2, 0) is 4.74 Å². The molecule has 7 heteroatoms. The number of rotatable bonds is 6. The molecule has 2 amide bonds. The minimum absolute atomic E-state index is 0.145. The van der Waals surface area contributed by atoms with E-state index < -0.39 is 11.7 Å². The van der Waals surface area contributed by atoms with Gasteiger partial charge in [-0.25, -0.2) is 4.79 Å². The summed E-state index contributed by atoms with van der Waals surface area (Å²) in [5.41, 5.74) is 0.104. The van der Waals surface area contributed by atoms with Crippen molar-refractivity contribution < 1.29 is 23.8 Å². The molecular formula is C19H28N2O5. The molecule has 0 unspecified atom stereocenters. The number of nitrogens with one attached hydrogen (secondary N) is 1. The van der Waals surface area contributed by atoms with E-state index in [1.807, 2.05) is 20.8 Å². The number of anilines is 1. The van der Waals surface area contributed by atoms with Crippen molar-refractivity contribution in [3.05, 3.63) is 17.7 Å². The van der Waals surface area contributed by atoms with Gasteiger partial charge in [-0.2, -0.15) is 0 Å². The van der Waals surface area contributed by atoms with Crippen molar-refractivity contribution >= 4 is 17.7 Å². The predicted molar refractivity (Wildman–Crippen MR) is 99.2 cm³/mol. The second-order valence-corrected chi connectivity index (χ2v) is 6.88. The van der Waals surface area contributed by atoms with Crippen LogP contribution in [0.4, 0.5) is 10.5 Å². The zero-order valence-corrected chi connectivity index (χ0v) is 16.2. The lowest BCUT2D eigenvalue weighted by Crippen LogP contribution is -2.31. The highest BCUT2D eigenvalue weighted by atomic mass is 16.6. The Morgan fingerprint density at radius 2 is 1.69 bits per heavy atom. The number of nitrogens with zero attached hydrogens (tertiary/aromatic N) is 1. The zero-order valence-electron chi connectivity index (χ0n) is 16.2. The first-order valence-corrected chi connectivity index (χ1v) is 8.86. The van der Waals surface area contributed by atoms with E-state index in [-0.39, 0.29) is 5.91 Å². The molecule has 1 aliphatic rings. The second-order valence-electron chi connectivity index (χ2n) is 6.88. The van der Waals surface area contributed by atoms with Gasteiger partial charge in [0.25, 0.3) is 5.91 Å². The van der Waals surface area contributed by atoms with E-state index in [1.165, 1.54) is 14.2 Å². The molecule has 0 spiro atoms. The van der Waals surface area contributed by atoms with Crippen LogP contribution in [0.25, 0.3) is 0 Å². The number of ether oxygens (including phenoxy) is 3. The quantitative estimate of drug-likeness (QED) is 0.833. The van der Waals surface area contributed by atoms with E-state index >= 15 is 0 Å². The molecule has 0 aliphatic carbocycles. The first kappa shape index (κ1) is 19.9. The van der Waals surface area contributed by atoms with Crippen LogP contribution in [0, 0.1) is 0 Å². The van der Waals surface area contributed by atoms with Crippen LogP contribution in [-0.4, -0.2) is 49.8 Å². The topological polar surface area (TPSA) is 77.1 Å². The fraction of sp³-hybridized carbons (Fsp3) is 0.579. The Morgan fingerprint density at radius 3 is 2.23 bits per heavy atom. The summed E-state index contributed by atoms with van der Waals surface area (Å²) >= 11 is 0. The van der Waals surface area contributed by atoms with Crippen molar-refractivity contribution in [3.63, 3.8) is 0 Å². The third-order valence-corrected chi connectivity index (χ3v) is 4.60. The standard InChI is InChI=1S/C19H28N2O5/c1-6-19(2,3)26-18(23)20-14-12-16(25-5)15(24-4)11-13(14)17(22)21-9-7-8-10-21/h11-12H,6-10H2,1-5H3,(H,20,23). The Morgan fingerprint density at radius 1 is 1.12 bits per heavy atom. The highest BCUT2D eigenvalue weighted by Gasteiger charge is 2.26. The largest absolute Gasteiger partial charge is 0.493 e. The molecule has 26 heavy (non-hydrogen) atoms. The van der Waals surface area contributed by atoms with Crippen LogP contribution < -0.4 is 14.8 Å². The molecule has 1 aromatic carbocycles. The van der Waals surface area contributed by atoms with Crippen LogP contribution in [0.5, 0.6) is 11.5 Å². The van der Waals surface area contributed by atoms with Crippen molar-refractivity contribution in [3.8, 4) is 11.5 Å². The van der Waals surface area contributed by atoms with Gasteiger partial charge in [-0.15, -0.1) is 0 Å². The summed E-state index contributed by atoms with van der Waals surface area (Å²) in [5, 5.41) is 2.69. The Kier molecular flexibility index (Phi) is 6.34. The maximum atomic E-state index is 12.9. The summed E-state index contributed by atoms with van der Waals surface area (Å²) in [6.45, 7) is 7.01. The van der Waals surface area contributed by atoms with Crippen molar-refractivity contribution in [1.29, 1.82) is 0 Å². The predicted octanol–water partition coefficient (Wildman–Crippen LogP) is 3.68. The average Bonchev–Trinajstić information content (AvgIpc) is 3.14. The van der Waals surface area contributed by atoms with E-state index in [0.29, 0.717) is 42.3 Å². The molecule has 0 atom stereocenters. The summed E-state index contributed by atoms with van der Waals surface area (Å²) in [7, 11) is 3.01. The number of benzene rings is 1. The van der Waals surface area contributed by atoms with Crippen molar-refractivity contribution in [2.45, 2.75) is 45.6 Å². The fourth-order valence-corrected chi connectivity index (χ4v) is 2.71. The summed E-state index contributed by atoms with van der Waals surface area (Å²) in [4.78, 5) is 27.0. The minimum Gasteiger partial charge on any atom is -0.493 e. The maximum absolute atomic E-state index is 12.9. The molecule has 1 N–H and O–H groups in total. The number of methoxy groups -OCH3 is 2. The lowest BCUT2D eigenvalue weighted by molar-refractivity contribution is 0.0462. The number of carbonyl (C=O) groups is 2. The lowest BCUT2D eigenvalue weighted by Gasteiger charge is -2.24. The molecule has 0 bridgehead atoms. The van der Waals surface area contributed by atoms with Crippen LogP contribution in [0.15, 0.2) is 12.1 Å². The third-order valence-electron chi connectivity index (χ3n) is 4.60. The highest BCUT2D eigenvalue weighted by Crippen LogP contribution is 2.34. The van der Waals surface area contributed by atoms with Crippen molar-refractivity contribution in [1.82, 2.24) is 4.90 Å².